The van der Waals surface area contributed by atoms with Crippen molar-refractivity contribution in [2.75, 3.05) is 66.4 Å². The van der Waals surface area contributed by atoms with E-state index in [1.807, 2.05) is 11.8 Å². The number of benzene rings is 3. The number of ether oxygens (including phenoxy) is 2. The molecule has 3 aromatic carbocycles. The molecule has 0 radical (unpaired) electrons. The highest BCUT2D eigenvalue weighted by molar-refractivity contribution is 6.34. The first-order valence-electron chi connectivity index (χ1n) is 19.0. The summed E-state index contributed by atoms with van der Waals surface area (Å²) in [6.45, 7) is 4.99. The van der Waals surface area contributed by atoms with Crippen LogP contribution in [-0.4, -0.2) is 115 Å². The molecule has 0 aliphatic carbocycles. The number of halogens is 3. The monoisotopic (exact) mass is 833 g/mol. The fourth-order valence-electron chi connectivity index (χ4n) is 6.77. The van der Waals surface area contributed by atoms with Crippen molar-refractivity contribution < 1.29 is 42.3 Å². The van der Waals surface area contributed by atoms with E-state index in [1.165, 1.54) is 60.3 Å². The zero-order valence-corrected chi connectivity index (χ0v) is 34.5. The van der Waals surface area contributed by atoms with E-state index in [1.54, 1.807) is 42.3 Å². The van der Waals surface area contributed by atoms with Crippen molar-refractivity contribution in [2.24, 2.45) is 13.0 Å². The second kappa shape index (κ2) is 20.0. The number of nitrogens with one attached hydrogen (secondary N) is 3. The van der Waals surface area contributed by atoms with Crippen molar-refractivity contribution in [1.82, 2.24) is 29.5 Å². The summed E-state index contributed by atoms with van der Waals surface area (Å²) >= 11 is 6.55. The smallest absolute Gasteiger partial charge is 0.292 e. The number of imidazole rings is 1. The van der Waals surface area contributed by atoms with Crippen LogP contribution in [-0.2, 0) is 21.4 Å². The molecule has 1 unspecified atom stereocenters. The Hall–Kier alpha value is -6.13. The maximum atomic E-state index is 15.7. The topological polar surface area (TPSA) is 156 Å². The Balaban J connectivity index is 0.00000158. The van der Waals surface area contributed by atoms with Gasteiger partial charge in [-0.3, -0.25) is 24.3 Å². The van der Waals surface area contributed by atoms with Gasteiger partial charge in [-0.1, -0.05) is 24.6 Å². The summed E-state index contributed by atoms with van der Waals surface area (Å²) in [6, 6.07) is 14.5. The molecule has 0 bridgehead atoms. The van der Waals surface area contributed by atoms with Crippen molar-refractivity contribution in [3.8, 4) is 39.4 Å². The summed E-state index contributed by atoms with van der Waals surface area (Å²) < 4.78 is 41.9. The minimum absolute atomic E-state index is 0.00840. The highest BCUT2D eigenvalue weighted by Crippen LogP contribution is 2.36. The van der Waals surface area contributed by atoms with Gasteiger partial charge in [0.2, 0.25) is 5.91 Å². The fraction of sp³-hybridized carbons (Fsp3) is 0.333. The number of methoxy groups -OCH3 is 2. The molecule has 59 heavy (non-hydrogen) atoms. The average molecular weight is 834 g/mol. The molecule has 6 rings (SSSR count). The van der Waals surface area contributed by atoms with Crippen LogP contribution in [0.2, 0.25) is 5.02 Å². The molecule has 3 heterocycles. The number of anilines is 1. The summed E-state index contributed by atoms with van der Waals surface area (Å²) in [5.41, 5.74) is 2.27. The minimum atomic E-state index is -1.11. The van der Waals surface area contributed by atoms with E-state index in [-0.39, 0.29) is 51.0 Å². The number of aromatic nitrogens is 4. The zero-order valence-electron chi connectivity index (χ0n) is 33.8. The molecular weight excluding hydrogens is 786 g/mol. The van der Waals surface area contributed by atoms with E-state index in [0.29, 0.717) is 60.9 Å². The van der Waals surface area contributed by atoms with E-state index in [4.69, 9.17) is 21.1 Å². The number of piperazine rings is 1. The van der Waals surface area contributed by atoms with Gasteiger partial charge in [-0.15, -0.1) is 0 Å². The standard InChI is InChI=1S/C40H43ClF2N8O4.C2H4O2/c1-6-24(15-16-48(2)3)39(53)50-17-19-51(20-18-50)40(54)29-12-9-26(21-32(29)41)46-38(52)37-44-23-33(49(37)4)30-14-13-28(34(42)35(30)43)31-22-45-47-36(31)25-7-10-27(55-5)11-8-25;1-4-2-3/h7-14,21-24H,6,15-20H2,1-5H3,(H,45,47)(H,46,52);2H,1H3/p+1. The molecule has 0 spiro atoms. The van der Waals surface area contributed by atoms with Crippen LogP contribution in [0.5, 0.6) is 5.75 Å². The Labute approximate surface area is 346 Å². The SMILES string of the molecule is CCC(CC[NH+](C)C)C(=O)N1CCN(C(=O)c2ccc(NC(=O)c3ncc(-c4ccc(-c5cn[nH]c5-c5ccc(OC)cc5)c(F)c4F)n3C)cc2Cl)CC1.COC=O. The highest BCUT2D eigenvalue weighted by atomic mass is 35.5. The number of hydrogen-bond donors (Lipinski definition) is 3. The third-order valence-corrected chi connectivity index (χ3v) is 10.4. The summed E-state index contributed by atoms with van der Waals surface area (Å²) in [6.07, 6.45) is 4.32. The Morgan fingerprint density at radius 1 is 0.949 bits per heavy atom. The lowest BCUT2D eigenvalue weighted by Gasteiger charge is -2.36. The number of hydrogen-bond acceptors (Lipinski definition) is 8. The Kier molecular flexibility index (Phi) is 14.9. The van der Waals surface area contributed by atoms with E-state index in [9.17, 15) is 14.4 Å². The normalized spacial score (nSPS) is 13.1. The van der Waals surface area contributed by atoms with Crippen LogP contribution in [0.1, 0.15) is 40.7 Å². The second-order valence-electron chi connectivity index (χ2n) is 14.2. The molecule has 1 aliphatic heterocycles. The maximum Gasteiger partial charge on any atom is 0.292 e. The van der Waals surface area contributed by atoms with Crippen LogP contribution >= 0.6 is 11.6 Å². The number of rotatable bonds is 13. The van der Waals surface area contributed by atoms with Crippen LogP contribution in [0.15, 0.2) is 67.0 Å². The molecule has 5 aromatic rings. The van der Waals surface area contributed by atoms with E-state index in [2.05, 4.69) is 39.3 Å². The van der Waals surface area contributed by atoms with Gasteiger partial charge >= 0.3 is 0 Å². The first kappa shape index (κ1) is 44.0. The Morgan fingerprint density at radius 3 is 2.20 bits per heavy atom. The number of aromatic amines is 1. The number of H-pyrrole nitrogens is 1. The molecule has 3 amide bonds. The summed E-state index contributed by atoms with van der Waals surface area (Å²) in [5.74, 6) is -2.39. The lowest BCUT2D eigenvalue weighted by atomic mass is 9.99. The first-order valence-corrected chi connectivity index (χ1v) is 19.3. The van der Waals surface area contributed by atoms with Crippen LogP contribution < -0.4 is 15.0 Å². The summed E-state index contributed by atoms with van der Waals surface area (Å²) in [4.78, 5) is 57.8. The summed E-state index contributed by atoms with van der Waals surface area (Å²) in [5, 5.41) is 9.78. The fourth-order valence-corrected chi connectivity index (χ4v) is 7.03. The Morgan fingerprint density at radius 2 is 1.59 bits per heavy atom. The number of carbonyl (C=O) groups is 4. The van der Waals surface area contributed by atoms with Crippen molar-refractivity contribution >= 4 is 41.5 Å². The molecule has 1 fully saturated rings. The van der Waals surface area contributed by atoms with Gasteiger partial charge in [0.05, 0.1) is 69.2 Å². The van der Waals surface area contributed by atoms with Gasteiger partial charge in [0.15, 0.2) is 17.5 Å². The molecule has 1 atom stereocenters. The lowest BCUT2D eigenvalue weighted by Crippen LogP contribution is -3.05. The molecule has 2 aromatic heterocycles. The molecule has 14 nitrogen and oxygen atoms in total. The molecule has 1 saturated heterocycles. The predicted octanol–water partition coefficient (Wildman–Crippen LogP) is 4.97. The van der Waals surface area contributed by atoms with Crippen LogP contribution in [0, 0.1) is 17.6 Å². The average Bonchev–Trinajstić information content (AvgIpc) is 3.89. The predicted molar refractivity (Wildman–Crippen MR) is 219 cm³/mol. The van der Waals surface area contributed by atoms with E-state index < -0.39 is 17.5 Å². The van der Waals surface area contributed by atoms with Gasteiger partial charge in [-0.2, -0.15) is 5.10 Å². The zero-order chi connectivity index (χ0) is 42.8. The van der Waals surface area contributed by atoms with Crippen molar-refractivity contribution in [2.45, 2.75) is 19.8 Å². The lowest BCUT2D eigenvalue weighted by molar-refractivity contribution is -0.858. The van der Waals surface area contributed by atoms with Gasteiger partial charge in [-0.25, -0.2) is 13.8 Å². The summed E-state index contributed by atoms with van der Waals surface area (Å²) in [7, 11) is 8.53. The highest BCUT2D eigenvalue weighted by Gasteiger charge is 2.30. The van der Waals surface area contributed by atoms with Crippen LogP contribution in [0.4, 0.5) is 14.5 Å². The van der Waals surface area contributed by atoms with E-state index in [0.717, 1.165) is 19.4 Å². The molecule has 0 saturated carbocycles. The van der Waals surface area contributed by atoms with Crippen LogP contribution in [0.25, 0.3) is 33.6 Å². The quantitative estimate of drug-likeness (QED) is 0.141. The molecule has 3 N–H and O–H groups in total. The van der Waals surface area contributed by atoms with Gasteiger partial charge in [0.25, 0.3) is 18.3 Å². The van der Waals surface area contributed by atoms with Crippen molar-refractivity contribution in [3.63, 3.8) is 0 Å². The molecule has 312 valence electrons. The Bertz CT molecular complexity index is 2270. The third-order valence-electron chi connectivity index (χ3n) is 10.1. The van der Waals surface area contributed by atoms with Gasteiger partial charge in [0, 0.05) is 73.5 Å². The minimum Gasteiger partial charge on any atom is -0.497 e. The van der Waals surface area contributed by atoms with Crippen molar-refractivity contribution in [1.29, 1.82) is 0 Å². The largest absolute Gasteiger partial charge is 0.497 e. The number of amides is 3. The van der Waals surface area contributed by atoms with Crippen molar-refractivity contribution in [3.05, 3.63) is 95.0 Å². The van der Waals surface area contributed by atoms with E-state index >= 15 is 8.78 Å². The number of quaternary nitrogens is 1. The molecule has 1 aliphatic rings. The second-order valence-corrected chi connectivity index (χ2v) is 14.6. The van der Waals surface area contributed by atoms with Crippen LogP contribution in [0.3, 0.4) is 0 Å². The number of carbonyl (C=O) groups excluding carboxylic acids is 4. The van der Waals surface area contributed by atoms with Gasteiger partial charge in [0.1, 0.15) is 5.75 Å². The number of nitrogens with zero attached hydrogens (tertiary/aromatic N) is 5. The van der Waals surface area contributed by atoms with Gasteiger partial charge in [-0.05, 0) is 55.0 Å². The molecule has 17 heteroatoms. The maximum absolute atomic E-state index is 15.7. The third kappa shape index (κ3) is 10.1. The first-order chi connectivity index (χ1) is 28.3. The molecular formula is C42H48ClF2N8O6+. The van der Waals surface area contributed by atoms with Gasteiger partial charge < -0.3 is 34.1 Å².